The molecule has 0 bridgehead atoms. The minimum absolute atomic E-state index is 0.0650. The lowest BCUT2D eigenvalue weighted by Crippen LogP contribution is -2.21. The van der Waals surface area contributed by atoms with Gasteiger partial charge < -0.3 is 9.90 Å². The van der Waals surface area contributed by atoms with Gasteiger partial charge in [-0.2, -0.15) is 0 Å². The second-order valence-corrected chi connectivity index (χ2v) is 6.24. The maximum Gasteiger partial charge on any atom is 0.115 e. The average molecular weight is 394 g/mol. The zero-order valence-electron chi connectivity index (χ0n) is 16.6. The molecule has 0 rings (SSSR count). The van der Waals surface area contributed by atoms with Crippen LogP contribution in [0.2, 0.25) is 0 Å². The average Bonchev–Trinajstić information content (AvgIpc) is 2.69. The first kappa shape index (κ1) is 26.0. The Kier molecular flexibility index (Phi) is 18.4. The number of aliphatic carboxylic acids is 1. The molecular weight excluding hydrogens is 360 g/mol. The maximum absolute atomic E-state index is 10.3. The lowest BCUT2D eigenvalue weighted by Gasteiger charge is -2.08. The second-order valence-electron chi connectivity index (χ2n) is 6.24. The van der Waals surface area contributed by atoms with Crippen LogP contribution >= 0.6 is 0 Å². The highest BCUT2D eigenvalue weighted by atomic mass is 17.1. The topological polar surface area (TPSA) is 99.1 Å². The minimum atomic E-state index is -1.03. The van der Waals surface area contributed by atoms with Crippen LogP contribution < -0.4 is 5.11 Å². The summed E-state index contributed by atoms with van der Waals surface area (Å²) < 4.78 is 0. The van der Waals surface area contributed by atoms with Gasteiger partial charge in [-0.25, -0.2) is 9.78 Å². The van der Waals surface area contributed by atoms with Crippen molar-refractivity contribution in [3.05, 3.63) is 60.8 Å². The first-order valence-corrected chi connectivity index (χ1v) is 9.75. The Hall–Kier alpha value is -1.99. The van der Waals surface area contributed by atoms with Gasteiger partial charge >= 0.3 is 0 Å². The number of carboxylic acids is 1. The van der Waals surface area contributed by atoms with Crippen LogP contribution in [0, 0.1) is 0 Å². The van der Waals surface area contributed by atoms with Gasteiger partial charge in [0.15, 0.2) is 0 Å². The van der Waals surface area contributed by atoms with Crippen LogP contribution in [0.4, 0.5) is 0 Å². The molecule has 0 spiro atoms. The molecule has 2 atom stereocenters. The SMILES string of the molecule is CC/C=C\CC(/C=C/C=C\C/C=C\C=C\C(CCCCCC(=O)[O-])OO)OO. The molecule has 2 N–H and O–H groups in total. The molecule has 6 nitrogen and oxygen atoms in total. The molecule has 28 heavy (non-hydrogen) atoms. The van der Waals surface area contributed by atoms with Gasteiger partial charge in [-0.15, -0.1) is 0 Å². The van der Waals surface area contributed by atoms with Crippen molar-refractivity contribution in [3.8, 4) is 0 Å². The molecule has 0 amide bonds. The molecule has 0 aromatic heterocycles. The number of rotatable bonds is 17. The van der Waals surface area contributed by atoms with E-state index in [0.717, 1.165) is 25.7 Å². The van der Waals surface area contributed by atoms with E-state index in [0.29, 0.717) is 19.3 Å². The predicted octanol–water partition coefficient (Wildman–Crippen LogP) is 4.37. The van der Waals surface area contributed by atoms with Crippen LogP contribution in [0.3, 0.4) is 0 Å². The summed E-state index contributed by atoms with van der Waals surface area (Å²) in [5.74, 6) is -1.03. The van der Waals surface area contributed by atoms with E-state index >= 15 is 0 Å². The van der Waals surface area contributed by atoms with E-state index < -0.39 is 12.1 Å². The second kappa shape index (κ2) is 19.8. The van der Waals surface area contributed by atoms with Gasteiger partial charge in [-0.1, -0.05) is 80.5 Å². The van der Waals surface area contributed by atoms with Crippen molar-refractivity contribution in [2.24, 2.45) is 0 Å². The Balaban J connectivity index is 4.00. The van der Waals surface area contributed by atoms with Crippen LogP contribution in [0.25, 0.3) is 0 Å². The van der Waals surface area contributed by atoms with Gasteiger partial charge in [0.1, 0.15) is 12.2 Å². The Bertz CT molecular complexity index is 519. The highest BCUT2D eigenvalue weighted by Gasteiger charge is 2.03. The normalized spacial score (nSPS) is 15.0. The lowest BCUT2D eigenvalue weighted by molar-refractivity contribution is -0.305. The van der Waals surface area contributed by atoms with E-state index in [-0.39, 0.29) is 12.5 Å². The van der Waals surface area contributed by atoms with Crippen molar-refractivity contribution < 1.29 is 30.2 Å². The van der Waals surface area contributed by atoms with Gasteiger partial charge in [0.05, 0.1) is 0 Å². The highest BCUT2D eigenvalue weighted by Crippen LogP contribution is 2.09. The third kappa shape index (κ3) is 17.4. The van der Waals surface area contributed by atoms with Crippen molar-refractivity contribution in [3.63, 3.8) is 0 Å². The van der Waals surface area contributed by atoms with Crippen molar-refractivity contribution in [1.82, 2.24) is 0 Å². The van der Waals surface area contributed by atoms with Gasteiger partial charge in [-0.05, 0) is 38.5 Å². The van der Waals surface area contributed by atoms with Gasteiger partial charge in [0.25, 0.3) is 0 Å². The maximum atomic E-state index is 10.3. The molecule has 0 radical (unpaired) electrons. The molecule has 2 unspecified atom stereocenters. The van der Waals surface area contributed by atoms with E-state index in [9.17, 15) is 9.90 Å². The monoisotopic (exact) mass is 393 g/mol. The third-order valence-corrected chi connectivity index (χ3v) is 3.83. The fourth-order valence-electron chi connectivity index (χ4n) is 2.30. The summed E-state index contributed by atoms with van der Waals surface area (Å²) >= 11 is 0. The Morgan fingerprint density at radius 2 is 1.54 bits per heavy atom. The molecule has 0 aliphatic carbocycles. The van der Waals surface area contributed by atoms with Crippen LogP contribution in [0.1, 0.15) is 58.3 Å². The molecule has 0 aromatic carbocycles. The summed E-state index contributed by atoms with van der Waals surface area (Å²) in [6.45, 7) is 2.05. The molecule has 0 aromatic rings. The Morgan fingerprint density at radius 1 is 0.893 bits per heavy atom. The number of carbonyl (C=O) groups excluding carboxylic acids is 1. The van der Waals surface area contributed by atoms with Crippen molar-refractivity contribution >= 4 is 5.97 Å². The van der Waals surface area contributed by atoms with E-state index in [1.165, 1.54) is 0 Å². The summed E-state index contributed by atoms with van der Waals surface area (Å²) in [6, 6.07) is 0. The first-order valence-electron chi connectivity index (χ1n) is 9.75. The lowest BCUT2D eigenvalue weighted by atomic mass is 10.1. The van der Waals surface area contributed by atoms with Gasteiger partial charge in [-0.3, -0.25) is 10.5 Å². The van der Waals surface area contributed by atoms with E-state index in [4.69, 9.17) is 10.5 Å². The summed E-state index contributed by atoms with van der Waals surface area (Å²) in [7, 11) is 0. The quantitative estimate of drug-likeness (QED) is 0.125. The number of hydrogen-bond acceptors (Lipinski definition) is 6. The zero-order chi connectivity index (χ0) is 20.9. The number of carbonyl (C=O) groups is 1. The number of hydrogen-bond donors (Lipinski definition) is 2. The predicted molar refractivity (Wildman–Crippen MR) is 108 cm³/mol. The molecule has 0 saturated carbocycles. The Morgan fingerprint density at radius 3 is 2.11 bits per heavy atom. The summed E-state index contributed by atoms with van der Waals surface area (Å²) in [6.07, 6.45) is 23.2. The minimum Gasteiger partial charge on any atom is -0.550 e. The van der Waals surface area contributed by atoms with Crippen LogP contribution in [0.15, 0.2) is 60.8 Å². The van der Waals surface area contributed by atoms with Crippen LogP contribution in [-0.2, 0) is 14.6 Å². The number of allylic oxidation sites excluding steroid dienone is 7. The van der Waals surface area contributed by atoms with Crippen LogP contribution in [-0.4, -0.2) is 28.7 Å². The van der Waals surface area contributed by atoms with E-state index in [2.05, 4.69) is 9.78 Å². The zero-order valence-corrected chi connectivity index (χ0v) is 16.6. The number of carboxylic acid groups (broad SMARTS) is 1. The highest BCUT2D eigenvalue weighted by molar-refractivity contribution is 5.64. The fraction of sp³-hybridized carbons (Fsp3) is 0.500. The van der Waals surface area contributed by atoms with Gasteiger partial charge in [0, 0.05) is 5.97 Å². The first-order chi connectivity index (χ1) is 13.6. The van der Waals surface area contributed by atoms with E-state index in [1.54, 1.807) is 18.2 Å². The summed E-state index contributed by atoms with van der Waals surface area (Å²) in [5, 5.41) is 28.0. The molecular formula is C22H33O6-. The summed E-state index contributed by atoms with van der Waals surface area (Å²) in [5.41, 5.74) is 0. The van der Waals surface area contributed by atoms with Crippen molar-refractivity contribution in [2.75, 3.05) is 0 Å². The Labute approximate surface area is 168 Å². The van der Waals surface area contributed by atoms with Crippen molar-refractivity contribution in [1.29, 1.82) is 0 Å². The fourth-order valence-corrected chi connectivity index (χ4v) is 2.30. The molecule has 0 fully saturated rings. The molecule has 158 valence electrons. The largest absolute Gasteiger partial charge is 0.550 e. The molecule has 6 heteroatoms. The molecule has 0 saturated heterocycles. The van der Waals surface area contributed by atoms with Crippen molar-refractivity contribution in [2.45, 2.75) is 70.5 Å². The standard InChI is InChI=1S/C22H34O6/c1-2-3-10-15-20(27-25)16-11-7-5-4-6-8-12-17-21(28-26)18-13-9-14-19-22(23)24/h3,5-8,10-12,16-17,20-21,25-26H,2,4,9,13-15,18-19H2,1H3,(H,23,24)/p-1/b7-5-,8-6-,10-3-,16-11+,17-12+. The molecule has 0 aliphatic rings. The van der Waals surface area contributed by atoms with E-state index in [1.807, 2.05) is 49.5 Å². The van der Waals surface area contributed by atoms with Gasteiger partial charge in [0.2, 0.25) is 0 Å². The summed E-state index contributed by atoms with van der Waals surface area (Å²) in [4.78, 5) is 19.1. The third-order valence-electron chi connectivity index (χ3n) is 3.83. The smallest absolute Gasteiger partial charge is 0.115 e. The molecule has 0 aliphatic heterocycles. The molecule has 0 heterocycles. The van der Waals surface area contributed by atoms with Crippen LogP contribution in [0.5, 0.6) is 0 Å². The number of unbranched alkanes of at least 4 members (excludes halogenated alkanes) is 2.